The summed E-state index contributed by atoms with van der Waals surface area (Å²) >= 11 is 0. The van der Waals surface area contributed by atoms with Gasteiger partial charge in [-0.1, -0.05) is 18.2 Å². The standard InChI is InChI=1S/C20H18N4O/c1-2-4-16(5-3-1)25-17-6-7-19-18(14-17)20(8-9-22-19)23-11-13-24-12-10-21-15-24/h1-10,12,14-15H,11,13H2,(H,22,23). The molecule has 0 aliphatic carbocycles. The number of nitrogens with zero attached hydrogens (tertiary/aromatic N) is 3. The van der Waals surface area contributed by atoms with E-state index in [-0.39, 0.29) is 0 Å². The number of anilines is 1. The van der Waals surface area contributed by atoms with E-state index in [0.29, 0.717) is 0 Å². The Morgan fingerprint density at radius 1 is 0.960 bits per heavy atom. The zero-order valence-electron chi connectivity index (χ0n) is 13.7. The van der Waals surface area contributed by atoms with Crippen LogP contribution in [0.4, 0.5) is 5.69 Å². The van der Waals surface area contributed by atoms with E-state index in [9.17, 15) is 0 Å². The second-order valence-electron chi connectivity index (χ2n) is 5.68. The fraction of sp³-hybridized carbons (Fsp3) is 0.100. The minimum absolute atomic E-state index is 0.796. The number of nitrogens with one attached hydrogen (secondary N) is 1. The molecule has 5 nitrogen and oxygen atoms in total. The van der Waals surface area contributed by atoms with Gasteiger partial charge >= 0.3 is 0 Å². The van der Waals surface area contributed by atoms with E-state index in [1.54, 1.807) is 6.20 Å². The molecule has 0 saturated carbocycles. The molecule has 1 N–H and O–H groups in total. The minimum atomic E-state index is 0.796. The van der Waals surface area contributed by atoms with Crippen LogP contribution in [0.3, 0.4) is 0 Å². The summed E-state index contributed by atoms with van der Waals surface area (Å²) in [6.45, 7) is 1.66. The van der Waals surface area contributed by atoms with Crippen molar-refractivity contribution >= 4 is 16.6 Å². The maximum absolute atomic E-state index is 5.94. The lowest BCUT2D eigenvalue weighted by molar-refractivity contribution is 0.483. The van der Waals surface area contributed by atoms with E-state index >= 15 is 0 Å². The summed E-state index contributed by atoms with van der Waals surface area (Å²) in [5.41, 5.74) is 1.98. The average Bonchev–Trinajstić information content (AvgIpc) is 3.16. The van der Waals surface area contributed by atoms with Crippen LogP contribution >= 0.6 is 0 Å². The van der Waals surface area contributed by atoms with Gasteiger partial charge < -0.3 is 14.6 Å². The number of rotatable bonds is 6. The summed E-state index contributed by atoms with van der Waals surface area (Å²) in [6.07, 6.45) is 7.38. The van der Waals surface area contributed by atoms with Crippen LogP contribution < -0.4 is 10.1 Å². The Hall–Kier alpha value is -3.34. The molecular formula is C20H18N4O. The molecule has 2 aromatic carbocycles. The molecule has 0 spiro atoms. The number of ether oxygens (including phenoxy) is 1. The third-order valence-electron chi connectivity index (χ3n) is 3.94. The van der Waals surface area contributed by atoms with Crippen LogP contribution in [-0.4, -0.2) is 21.1 Å². The highest BCUT2D eigenvalue weighted by molar-refractivity contribution is 5.92. The number of benzene rings is 2. The molecule has 25 heavy (non-hydrogen) atoms. The summed E-state index contributed by atoms with van der Waals surface area (Å²) < 4.78 is 7.98. The van der Waals surface area contributed by atoms with Crippen LogP contribution in [-0.2, 0) is 6.54 Å². The highest BCUT2D eigenvalue weighted by Gasteiger charge is 2.05. The van der Waals surface area contributed by atoms with Crippen molar-refractivity contribution in [2.24, 2.45) is 0 Å². The molecular weight excluding hydrogens is 312 g/mol. The van der Waals surface area contributed by atoms with Crippen molar-refractivity contribution in [3.05, 3.63) is 79.5 Å². The zero-order chi connectivity index (χ0) is 16.9. The molecule has 0 aliphatic heterocycles. The van der Waals surface area contributed by atoms with E-state index in [0.717, 1.165) is 41.2 Å². The lowest BCUT2D eigenvalue weighted by Gasteiger charge is -2.11. The smallest absolute Gasteiger partial charge is 0.128 e. The van der Waals surface area contributed by atoms with Crippen LogP contribution in [0.2, 0.25) is 0 Å². The molecule has 4 aromatic rings. The number of para-hydroxylation sites is 1. The molecule has 0 radical (unpaired) electrons. The molecule has 0 amide bonds. The molecule has 124 valence electrons. The maximum Gasteiger partial charge on any atom is 0.128 e. The molecule has 0 saturated heterocycles. The number of aromatic nitrogens is 3. The molecule has 0 unspecified atom stereocenters. The van der Waals surface area contributed by atoms with Crippen LogP contribution in [0, 0.1) is 0 Å². The first-order chi connectivity index (χ1) is 12.4. The van der Waals surface area contributed by atoms with E-state index in [2.05, 4.69) is 15.3 Å². The van der Waals surface area contributed by atoms with E-state index in [1.807, 2.05) is 77.9 Å². The summed E-state index contributed by atoms with van der Waals surface area (Å²) in [5.74, 6) is 1.62. The highest BCUT2D eigenvalue weighted by atomic mass is 16.5. The van der Waals surface area contributed by atoms with E-state index < -0.39 is 0 Å². The number of hydrogen-bond acceptors (Lipinski definition) is 4. The normalized spacial score (nSPS) is 10.7. The Balaban J connectivity index is 1.55. The number of pyridine rings is 1. The van der Waals surface area contributed by atoms with Gasteiger partial charge in [-0.3, -0.25) is 4.98 Å². The van der Waals surface area contributed by atoms with Gasteiger partial charge in [0.25, 0.3) is 0 Å². The topological polar surface area (TPSA) is 52.0 Å². The summed E-state index contributed by atoms with van der Waals surface area (Å²) in [6, 6.07) is 17.7. The number of fused-ring (bicyclic) bond motifs is 1. The highest BCUT2D eigenvalue weighted by Crippen LogP contribution is 2.28. The zero-order valence-corrected chi connectivity index (χ0v) is 13.7. The average molecular weight is 330 g/mol. The molecule has 0 fully saturated rings. The van der Waals surface area contributed by atoms with E-state index in [1.165, 1.54) is 0 Å². The predicted molar refractivity (Wildman–Crippen MR) is 99.0 cm³/mol. The van der Waals surface area contributed by atoms with Crippen molar-refractivity contribution in [1.82, 2.24) is 14.5 Å². The van der Waals surface area contributed by atoms with Crippen LogP contribution in [0.1, 0.15) is 0 Å². The van der Waals surface area contributed by atoms with Crippen molar-refractivity contribution in [3.8, 4) is 11.5 Å². The number of hydrogen-bond donors (Lipinski definition) is 1. The maximum atomic E-state index is 5.94. The third kappa shape index (κ3) is 3.61. The monoisotopic (exact) mass is 330 g/mol. The molecule has 0 bridgehead atoms. The van der Waals surface area contributed by atoms with E-state index in [4.69, 9.17) is 4.74 Å². The van der Waals surface area contributed by atoms with Gasteiger partial charge in [0, 0.05) is 42.8 Å². The first-order valence-electron chi connectivity index (χ1n) is 8.20. The Morgan fingerprint density at radius 2 is 1.88 bits per heavy atom. The second kappa shape index (κ2) is 7.05. The molecule has 0 aliphatic rings. The fourth-order valence-corrected chi connectivity index (χ4v) is 2.71. The fourth-order valence-electron chi connectivity index (χ4n) is 2.71. The van der Waals surface area contributed by atoms with Crippen LogP contribution in [0.15, 0.2) is 79.5 Å². The summed E-state index contributed by atoms with van der Waals surface area (Å²) in [5, 5.41) is 4.52. The lowest BCUT2D eigenvalue weighted by atomic mass is 10.1. The minimum Gasteiger partial charge on any atom is -0.457 e. The SMILES string of the molecule is c1ccc(Oc2ccc3nccc(NCCn4ccnc4)c3c2)cc1. The van der Waals surface area contributed by atoms with Crippen molar-refractivity contribution in [1.29, 1.82) is 0 Å². The molecule has 2 heterocycles. The molecule has 0 atom stereocenters. The van der Waals surface area contributed by atoms with Crippen LogP contribution in [0.5, 0.6) is 11.5 Å². The number of imidazole rings is 1. The molecule has 5 heteroatoms. The summed E-state index contributed by atoms with van der Waals surface area (Å²) in [7, 11) is 0. The van der Waals surface area contributed by atoms with Gasteiger partial charge in [-0.05, 0) is 36.4 Å². The quantitative estimate of drug-likeness (QED) is 0.571. The van der Waals surface area contributed by atoms with Gasteiger partial charge in [-0.25, -0.2) is 4.98 Å². The first kappa shape index (κ1) is 15.2. The molecule has 4 rings (SSSR count). The lowest BCUT2D eigenvalue weighted by Crippen LogP contribution is -2.09. The van der Waals surface area contributed by atoms with Gasteiger partial charge in [0.1, 0.15) is 11.5 Å². The first-order valence-corrected chi connectivity index (χ1v) is 8.20. The third-order valence-corrected chi connectivity index (χ3v) is 3.94. The predicted octanol–water partition coefficient (Wildman–Crippen LogP) is 4.34. The Labute approximate surface area is 145 Å². The van der Waals surface area contributed by atoms with Crippen molar-refractivity contribution in [2.75, 3.05) is 11.9 Å². The summed E-state index contributed by atoms with van der Waals surface area (Å²) in [4.78, 5) is 8.50. The Morgan fingerprint density at radius 3 is 2.72 bits per heavy atom. The van der Waals surface area contributed by atoms with Gasteiger partial charge in [0.15, 0.2) is 0 Å². The van der Waals surface area contributed by atoms with Gasteiger partial charge in [-0.2, -0.15) is 0 Å². The van der Waals surface area contributed by atoms with Crippen molar-refractivity contribution in [3.63, 3.8) is 0 Å². The Kier molecular flexibility index (Phi) is 4.29. The molecule has 2 aromatic heterocycles. The van der Waals surface area contributed by atoms with Gasteiger partial charge in [0.2, 0.25) is 0 Å². The second-order valence-corrected chi connectivity index (χ2v) is 5.68. The van der Waals surface area contributed by atoms with Crippen molar-refractivity contribution < 1.29 is 4.74 Å². The van der Waals surface area contributed by atoms with Crippen LogP contribution in [0.25, 0.3) is 10.9 Å². The van der Waals surface area contributed by atoms with Gasteiger partial charge in [-0.15, -0.1) is 0 Å². The largest absolute Gasteiger partial charge is 0.457 e. The van der Waals surface area contributed by atoms with Crippen molar-refractivity contribution in [2.45, 2.75) is 6.54 Å². The Bertz CT molecular complexity index is 952. The van der Waals surface area contributed by atoms with Gasteiger partial charge in [0.05, 0.1) is 11.8 Å².